The Kier molecular flexibility index (Phi) is 6.74. The van der Waals surface area contributed by atoms with Crippen LogP contribution in [0.5, 0.6) is 0 Å². The maximum Gasteiger partial charge on any atom is 0.247 e. The Morgan fingerprint density at radius 2 is 1.86 bits per heavy atom. The van der Waals surface area contributed by atoms with Crippen LogP contribution in [0.15, 0.2) is 21.5 Å². The summed E-state index contributed by atoms with van der Waals surface area (Å²) in [5, 5.41) is 0. The van der Waals surface area contributed by atoms with E-state index in [1.807, 2.05) is 6.92 Å². The Morgan fingerprint density at radius 1 is 1.24 bits per heavy atom. The fourth-order valence-corrected chi connectivity index (χ4v) is 4.86. The Hall–Kier alpha value is -0.530. The fraction of sp³-hybridized carbons (Fsp3) is 0.571. The van der Waals surface area contributed by atoms with Crippen molar-refractivity contribution in [1.82, 2.24) is 4.31 Å². The van der Waals surface area contributed by atoms with E-state index in [1.165, 1.54) is 4.31 Å². The molecule has 0 unspecified atom stereocenters. The van der Waals surface area contributed by atoms with Crippen molar-refractivity contribution in [2.45, 2.75) is 51.0 Å². The molecule has 0 bridgehead atoms. The number of unbranched alkanes of at least 4 members (excludes halogenated alkanes) is 2. The first-order valence-corrected chi connectivity index (χ1v) is 9.11. The third-order valence-corrected chi connectivity index (χ3v) is 6.13. The highest BCUT2D eigenvalue weighted by molar-refractivity contribution is 9.10. The molecule has 0 atom stereocenters. The second-order valence-corrected chi connectivity index (χ2v) is 7.80. The largest absolute Gasteiger partial charge is 0.247 e. The molecule has 1 aromatic carbocycles. The summed E-state index contributed by atoms with van der Waals surface area (Å²) in [6.45, 7) is 5.80. The van der Waals surface area contributed by atoms with Crippen LogP contribution in [0, 0.1) is 11.6 Å². The van der Waals surface area contributed by atoms with Crippen molar-refractivity contribution >= 4 is 26.0 Å². The Morgan fingerprint density at radius 3 is 2.33 bits per heavy atom. The molecule has 7 heteroatoms. The molecule has 0 heterocycles. The summed E-state index contributed by atoms with van der Waals surface area (Å²) in [6.07, 6.45) is 2.56. The SMILES string of the molecule is CCCCCN(C(C)C)S(=O)(=O)c1c(F)cc(F)cc1Br. The molecule has 0 saturated carbocycles. The molecule has 0 N–H and O–H groups in total. The van der Waals surface area contributed by atoms with Crippen molar-refractivity contribution in [3.05, 3.63) is 28.2 Å². The summed E-state index contributed by atoms with van der Waals surface area (Å²) in [5.74, 6) is -1.90. The van der Waals surface area contributed by atoms with Gasteiger partial charge in [0.05, 0.1) is 0 Å². The minimum atomic E-state index is -4.01. The van der Waals surface area contributed by atoms with Crippen LogP contribution in [0.2, 0.25) is 0 Å². The molecule has 1 aromatic rings. The summed E-state index contributed by atoms with van der Waals surface area (Å²) in [4.78, 5) is -0.505. The predicted molar refractivity (Wildman–Crippen MR) is 82.6 cm³/mol. The minimum Gasteiger partial charge on any atom is -0.207 e. The zero-order valence-corrected chi connectivity index (χ0v) is 14.8. The molecule has 0 fully saturated rings. The number of benzene rings is 1. The molecule has 3 nitrogen and oxygen atoms in total. The van der Waals surface area contributed by atoms with E-state index in [9.17, 15) is 17.2 Å². The molecular formula is C14H20BrF2NO2S. The van der Waals surface area contributed by atoms with Gasteiger partial charge in [-0.2, -0.15) is 4.31 Å². The predicted octanol–water partition coefficient (Wildman–Crippen LogP) is 4.32. The van der Waals surface area contributed by atoms with E-state index in [-0.39, 0.29) is 10.5 Å². The fourth-order valence-electron chi connectivity index (χ4n) is 2.07. The van der Waals surface area contributed by atoms with Crippen LogP contribution in [0.1, 0.15) is 40.0 Å². The lowest BCUT2D eigenvalue weighted by Crippen LogP contribution is -2.38. The molecule has 0 aromatic heterocycles. The van der Waals surface area contributed by atoms with Crippen molar-refractivity contribution in [2.24, 2.45) is 0 Å². The van der Waals surface area contributed by atoms with Gasteiger partial charge in [-0.1, -0.05) is 19.8 Å². The lowest BCUT2D eigenvalue weighted by molar-refractivity contribution is 0.343. The van der Waals surface area contributed by atoms with E-state index in [0.717, 1.165) is 18.9 Å². The van der Waals surface area contributed by atoms with Crippen LogP contribution in [0.3, 0.4) is 0 Å². The standard InChI is InChI=1S/C14H20BrF2NO2S/c1-4-5-6-7-18(10(2)3)21(19,20)14-12(15)8-11(16)9-13(14)17/h8-10H,4-7H2,1-3H3. The molecule has 0 aliphatic carbocycles. The van der Waals surface area contributed by atoms with E-state index in [0.29, 0.717) is 19.0 Å². The normalized spacial score (nSPS) is 12.4. The van der Waals surface area contributed by atoms with E-state index < -0.39 is 26.6 Å². The average molecular weight is 384 g/mol. The van der Waals surface area contributed by atoms with Crippen molar-refractivity contribution in [3.63, 3.8) is 0 Å². The number of hydrogen-bond acceptors (Lipinski definition) is 2. The number of halogens is 3. The van der Waals surface area contributed by atoms with Gasteiger partial charge in [-0.15, -0.1) is 0 Å². The van der Waals surface area contributed by atoms with Crippen molar-refractivity contribution < 1.29 is 17.2 Å². The van der Waals surface area contributed by atoms with Gasteiger partial charge in [-0.25, -0.2) is 17.2 Å². The zero-order chi connectivity index (χ0) is 16.2. The van der Waals surface area contributed by atoms with Gasteiger partial charge in [-0.05, 0) is 42.3 Å². The maximum atomic E-state index is 13.9. The third-order valence-electron chi connectivity index (χ3n) is 3.09. The lowest BCUT2D eigenvalue weighted by Gasteiger charge is -2.26. The molecule has 120 valence electrons. The Balaban J connectivity index is 3.23. The van der Waals surface area contributed by atoms with Crippen molar-refractivity contribution in [1.29, 1.82) is 0 Å². The van der Waals surface area contributed by atoms with E-state index >= 15 is 0 Å². The van der Waals surface area contributed by atoms with Crippen molar-refractivity contribution in [2.75, 3.05) is 6.54 Å². The maximum absolute atomic E-state index is 13.9. The number of hydrogen-bond donors (Lipinski definition) is 0. The minimum absolute atomic E-state index is 0.0962. The molecule has 21 heavy (non-hydrogen) atoms. The number of nitrogens with zero attached hydrogens (tertiary/aromatic N) is 1. The second kappa shape index (κ2) is 7.65. The lowest BCUT2D eigenvalue weighted by atomic mass is 10.2. The first-order valence-electron chi connectivity index (χ1n) is 6.88. The van der Waals surface area contributed by atoms with Gasteiger partial charge >= 0.3 is 0 Å². The second-order valence-electron chi connectivity index (χ2n) is 5.12. The average Bonchev–Trinajstić information content (AvgIpc) is 2.31. The van der Waals surface area contributed by atoms with Gasteiger partial charge < -0.3 is 0 Å². The van der Waals surface area contributed by atoms with Crippen molar-refractivity contribution in [3.8, 4) is 0 Å². The highest BCUT2D eigenvalue weighted by Gasteiger charge is 2.31. The topological polar surface area (TPSA) is 37.4 Å². The summed E-state index contributed by atoms with van der Waals surface area (Å²) < 4.78 is 53.5. The van der Waals surface area contributed by atoms with Crippen LogP contribution in [-0.2, 0) is 10.0 Å². The van der Waals surface area contributed by atoms with Gasteiger partial charge in [-0.3, -0.25) is 0 Å². The molecule has 0 aliphatic rings. The Bertz CT molecular complexity index is 568. The van der Waals surface area contributed by atoms with Gasteiger partial charge in [0.1, 0.15) is 16.5 Å². The van der Waals surface area contributed by atoms with Crippen LogP contribution in [0.4, 0.5) is 8.78 Å². The number of rotatable bonds is 7. The Labute approximate surface area is 133 Å². The van der Waals surface area contributed by atoms with Crippen LogP contribution in [0.25, 0.3) is 0 Å². The van der Waals surface area contributed by atoms with Gasteiger partial charge in [0.15, 0.2) is 0 Å². The molecule has 1 rings (SSSR count). The highest BCUT2D eigenvalue weighted by Crippen LogP contribution is 2.30. The van der Waals surface area contributed by atoms with E-state index in [2.05, 4.69) is 15.9 Å². The molecule has 0 spiro atoms. The third kappa shape index (κ3) is 4.47. The first-order chi connectivity index (χ1) is 9.71. The monoisotopic (exact) mass is 383 g/mol. The first kappa shape index (κ1) is 18.5. The molecule has 0 amide bonds. The van der Waals surface area contributed by atoms with E-state index in [4.69, 9.17) is 0 Å². The van der Waals surface area contributed by atoms with Gasteiger partial charge in [0.2, 0.25) is 10.0 Å². The zero-order valence-electron chi connectivity index (χ0n) is 12.4. The summed E-state index contributed by atoms with van der Waals surface area (Å²) in [5.41, 5.74) is 0. The summed E-state index contributed by atoms with van der Waals surface area (Å²) in [7, 11) is -4.01. The summed E-state index contributed by atoms with van der Waals surface area (Å²) >= 11 is 2.95. The molecule has 0 saturated heterocycles. The molecular weight excluding hydrogens is 364 g/mol. The molecule has 0 aliphatic heterocycles. The smallest absolute Gasteiger partial charge is 0.207 e. The summed E-state index contributed by atoms with van der Waals surface area (Å²) in [6, 6.07) is 1.24. The quantitative estimate of drug-likeness (QED) is 0.657. The van der Waals surface area contributed by atoms with Crippen LogP contribution >= 0.6 is 15.9 Å². The molecule has 0 radical (unpaired) electrons. The highest BCUT2D eigenvalue weighted by atomic mass is 79.9. The van der Waals surface area contributed by atoms with Gasteiger partial charge in [0, 0.05) is 23.1 Å². The van der Waals surface area contributed by atoms with Crippen LogP contribution in [-0.4, -0.2) is 25.3 Å². The van der Waals surface area contributed by atoms with E-state index in [1.54, 1.807) is 13.8 Å². The van der Waals surface area contributed by atoms with Crippen LogP contribution < -0.4 is 0 Å². The van der Waals surface area contributed by atoms with Gasteiger partial charge in [0.25, 0.3) is 0 Å². The number of sulfonamides is 1.